The third kappa shape index (κ3) is 3.16. The zero-order valence-corrected chi connectivity index (χ0v) is 13.1. The Balaban J connectivity index is 1.78. The molecule has 0 saturated heterocycles. The maximum atomic E-state index is 12.4. The molecule has 0 spiro atoms. The molecule has 1 fully saturated rings. The Morgan fingerprint density at radius 3 is 2.82 bits per heavy atom. The third-order valence-electron chi connectivity index (χ3n) is 4.30. The quantitative estimate of drug-likeness (QED) is 0.807. The van der Waals surface area contributed by atoms with Crippen LogP contribution in [-0.4, -0.2) is 26.5 Å². The summed E-state index contributed by atoms with van der Waals surface area (Å²) in [7, 11) is -3.55. The summed E-state index contributed by atoms with van der Waals surface area (Å²) in [5.41, 5.74) is 7.61. The fourth-order valence-electron chi connectivity index (χ4n) is 3.15. The first-order valence-electron chi connectivity index (χ1n) is 7.50. The molecule has 0 aromatic heterocycles. The lowest BCUT2D eigenvalue weighted by molar-refractivity contribution is 0.0534. The van der Waals surface area contributed by atoms with Crippen molar-refractivity contribution < 1.29 is 17.9 Å². The van der Waals surface area contributed by atoms with Gasteiger partial charge in [0.15, 0.2) is 0 Å². The van der Waals surface area contributed by atoms with Crippen LogP contribution >= 0.6 is 0 Å². The molecule has 2 aliphatic rings. The molecular formula is C15H20N2O4S. The van der Waals surface area contributed by atoms with E-state index in [1.54, 1.807) is 18.2 Å². The number of rotatable bonds is 4. The van der Waals surface area contributed by atoms with Gasteiger partial charge in [0.05, 0.1) is 11.3 Å². The van der Waals surface area contributed by atoms with Crippen LogP contribution in [0.2, 0.25) is 0 Å². The van der Waals surface area contributed by atoms with E-state index in [1.807, 2.05) is 0 Å². The van der Waals surface area contributed by atoms with E-state index in [0.717, 1.165) is 31.2 Å². The number of sulfonamides is 1. The molecule has 2 unspecified atom stereocenters. The number of nitrogens with one attached hydrogen (secondary N) is 1. The Morgan fingerprint density at radius 2 is 2.05 bits per heavy atom. The van der Waals surface area contributed by atoms with E-state index in [1.165, 1.54) is 0 Å². The number of ether oxygens (including phenoxy) is 1. The van der Waals surface area contributed by atoms with Crippen LogP contribution in [0.5, 0.6) is 0 Å². The second-order valence-electron chi connectivity index (χ2n) is 5.96. The van der Waals surface area contributed by atoms with Gasteiger partial charge in [0, 0.05) is 17.6 Å². The minimum absolute atomic E-state index is 0.144. The number of hydrogen-bond acceptors (Lipinski definition) is 5. The van der Waals surface area contributed by atoms with Gasteiger partial charge in [-0.3, -0.25) is 0 Å². The van der Waals surface area contributed by atoms with Crippen LogP contribution in [0.4, 0.5) is 0 Å². The van der Waals surface area contributed by atoms with Gasteiger partial charge in [-0.2, -0.15) is 0 Å². The molecule has 2 atom stereocenters. The molecule has 1 aromatic rings. The summed E-state index contributed by atoms with van der Waals surface area (Å²) in [6.45, 7) is 0.211. The van der Waals surface area contributed by atoms with Crippen molar-refractivity contribution in [3.8, 4) is 0 Å². The maximum Gasteiger partial charge on any atom is 0.339 e. The van der Waals surface area contributed by atoms with Crippen LogP contribution in [0.15, 0.2) is 18.2 Å². The average molecular weight is 324 g/mol. The van der Waals surface area contributed by atoms with Crippen molar-refractivity contribution in [2.45, 2.75) is 50.1 Å². The van der Waals surface area contributed by atoms with Crippen molar-refractivity contribution in [1.82, 2.24) is 4.72 Å². The molecule has 1 saturated carbocycles. The molecule has 1 aromatic carbocycles. The number of esters is 1. The highest BCUT2D eigenvalue weighted by Gasteiger charge is 2.29. The summed E-state index contributed by atoms with van der Waals surface area (Å²) in [5.74, 6) is -0.677. The smallest absolute Gasteiger partial charge is 0.339 e. The van der Waals surface area contributed by atoms with Crippen LogP contribution < -0.4 is 10.5 Å². The fourth-order valence-corrected chi connectivity index (χ4v) is 4.64. The average Bonchev–Trinajstić information content (AvgIpc) is 2.84. The summed E-state index contributed by atoms with van der Waals surface area (Å²) < 4.78 is 32.5. The molecule has 22 heavy (non-hydrogen) atoms. The van der Waals surface area contributed by atoms with Gasteiger partial charge in [0.25, 0.3) is 0 Å². The van der Waals surface area contributed by atoms with Gasteiger partial charge in [0.2, 0.25) is 10.0 Å². The topological polar surface area (TPSA) is 98.5 Å². The van der Waals surface area contributed by atoms with E-state index in [2.05, 4.69) is 4.72 Å². The van der Waals surface area contributed by atoms with Crippen molar-refractivity contribution in [3.05, 3.63) is 34.9 Å². The Morgan fingerprint density at radius 1 is 1.27 bits per heavy atom. The Hall–Kier alpha value is -1.44. The number of carbonyl (C=O) groups is 1. The Kier molecular flexibility index (Phi) is 4.20. The molecule has 0 amide bonds. The Bertz CT molecular complexity index is 687. The molecule has 1 heterocycles. The van der Waals surface area contributed by atoms with Crippen molar-refractivity contribution in [1.29, 1.82) is 0 Å². The van der Waals surface area contributed by atoms with Gasteiger partial charge >= 0.3 is 5.97 Å². The minimum Gasteiger partial charge on any atom is -0.457 e. The largest absolute Gasteiger partial charge is 0.457 e. The molecular weight excluding hydrogens is 304 g/mol. The van der Waals surface area contributed by atoms with Crippen LogP contribution in [0.25, 0.3) is 0 Å². The second kappa shape index (κ2) is 5.98. The van der Waals surface area contributed by atoms with Gasteiger partial charge < -0.3 is 10.5 Å². The van der Waals surface area contributed by atoms with Crippen LogP contribution in [0.1, 0.15) is 47.2 Å². The van der Waals surface area contributed by atoms with Gasteiger partial charge in [-0.25, -0.2) is 17.9 Å². The van der Waals surface area contributed by atoms with E-state index in [4.69, 9.17) is 10.5 Å². The van der Waals surface area contributed by atoms with Crippen molar-refractivity contribution in [2.75, 3.05) is 0 Å². The lowest BCUT2D eigenvalue weighted by Gasteiger charge is -2.29. The normalized spacial score (nSPS) is 24.9. The van der Waals surface area contributed by atoms with Gasteiger partial charge in [-0.05, 0) is 18.4 Å². The monoisotopic (exact) mass is 324 g/mol. The summed E-state index contributed by atoms with van der Waals surface area (Å²) in [5, 5.41) is 0. The van der Waals surface area contributed by atoms with E-state index in [0.29, 0.717) is 11.1 Å². The number of nitrogens with two attached hydrogens (primary N) is 1. The number of carbonyl (C=O) groups excluding carboxylic acids is 1. The summed E-state index contributed by atoms with van der Waals surface area (Å²) in [4.78, 5) is 11.8. The molecule has 120 valence electrons. The van der Waals surface area contributed by atoms with Gasteiger partial charge in [-0.15, -0.1) is 0 Å². The van der Waals surface area contributed by atoms with Crippen LogP contribution in [0, 0.1) is 0 Å². The first-order chi connectivity index (χ1) is 10.5. The zero-order chi connectivity index (χ0) is 15.7. The number of benzene rings is 1. The van der Waals surface area contributed by atoms with E-state index in [-0.39, 0.29) is 24.4 Å². The zero-order valence-electron chi connectivity index (χ0n) is 12.2. The van der Waals surface area contributed by atoms with Crippen molar-refractivity contribution in [3.63, 3.8) is 0 Å². The van der Waals surface area contributed by atoms with Crippen molar-refractivity contribution in [2.24, 2.45) is 5.73 Å². The highest BCUT2D eigenvalue weighted by molar-refractivity contribution is 7.88. The SMILES string of the molecule is NC1CCCCC1NS(=O)(=O)Cc1cccc2c1C(=O)OC2. The summed E-state index contributed by atoms with van der Waals surface area (Å²) in [6.07, 6.45) is 3.61. The molecule has 1 aliphatic carbocycles. The lowest BCUT2D eigenvalue weighted by Crippen LogP contribution is -2.49. The molecule has 0 radical (unpaired) electrons. The van der Waals surface area contributed by atoms with Crippen LogP contribution in [0.3, 0.4) is 0 Å². The number of fused-ring (bicyclic) bond motifs is 1. The third-order valence-corrected chi connectivity index (χ3v) is 5.65. The first kappa shape index (κ1) is 15.5. The minimum atomic E-state index is -3.55. The molecule has 6 nitrogen and oxygen atoms in total. The van der Waals surface area contributed by atoms with E-state index in [9.17, 15) is 13.2 Å². The standard InChI is InChI=1S/C15H20N2O4S/c16-12-6-1-2-7-13(12)17-22(19,20)9-11-5-3-4-10-8-21-15(18)14(10)11/h3-5,12-13,17H,1-2,6-9,16H2. The molecule has 3 N–H and O–H groups in total. The summed E-state index contributed by atoms with van der Waals surface area (Å²) >= 11 is 0. The van der Waals surface area contributed by atoms with E-state index < -0.39 is 16.0 Å². The molecule has 7 heteroatoms. The Labute approximate surface area is 130 Å². The molecule has 0 bridgehead atoms. The summed E-state index contributed by atoms with van der Waals surface area (Å²) in [6, 6.07) is 4.82. The highest BCUT2D eigenvalue weighted by atomic mass is 32.2. The first-order valence-corrected chi connectivity index (χ1v) is 9.15. The molecule has 3 rings (SSSR count). The van der Waals surface area contributed by atoms with Crippen molar-refractivity contribution >= 4 is 16.0 Å². The van der Waals surface area contributed by atoms with E-state index >= 15 is 0 Å². The second-order valence-corrected chi connectivity index (χ2v) is 7.71. The number of hydrogen-bond donors (Lipinski definition) is 2. The highest BCUT2D eigenvalue weighted by Crippen LogP contribution is 2.25. The van der Waals surface area contributed by atoms with Gasteiger partial charge in [0.1, 0.15) is 6.61 Å². The lowest BCUT2D eigenvalue weighted by atomic mass is 9.92. The fraction of sp³-hybridized carbons (Fsp3) is 0.533. The maximum absolute atomic E-state index is 12.4. The van der Waals surface area contributed by atoms with Crippen LogP contribution in [-0.2, 0) is 27.1 Å². The van der Waals surface area contributed by atoms with Gasteiger partial charge in [-0.1, -0.05) is 31.0 Å². The number of cyclic esters (lactones) is 1. The molecule has 1 aliphatic heterocycles. The predicted octanol–water partition coefficient (Wildman–Crippen LogP) is 1.05. The predicted molar refractivity (Wildman–Crippen MR) is 81.6 cm³/mol.